The third-order valence-electron chi connectivity index (χ3n) is 4.18. The monoisotopic (exact) mass is 329 g/mol. The van der Waals surface area contributed by atoms with Crippen molar-refractivity contribution < 1.29 is 4.79 Å². The Balaban J connectivity index is 1.66. The van der Waals surface area contributed by atoms with Crippen molar-refractivity contribution in [2.75, 3.05) is 36.8 Å². The van der Waals surface area contributed by atoms with Crippen LogP contribution in [0.2, 0.25) is 5.02 Å². The first-order chi connectivity index (χ1) is 11.0. The van der Waals surface area contributed by atoms with Gasteiger partial charge in [-0.05, 0) is 42.8 Å². The van der Waals surface area contributed by atoms with Gasteiger partial charge >= 0.3 is 0 Å². The van der Waals surface area contributed by atoms with E-state index in [-0.39, 0.29) is 5.91 Å². The summed E-state index contributed by atoms with van der Waals surface area (Å²) in [5.41, 5.74) is 9.29. The van der Waals surface area contributed by atoms with E-state index in [1.165, 1.54) is 11.3 Å². The highest BCUT2D eigenvalue weighted by Gasteiger charge is 2.22. The number of hydrogen-bond donors (Lipinski definition) is 1. The lowest BCUT2D eigenvalue weighted by Crippen LogP contribution is -2.48. The van der Waals surface area contributed by atoms with Crippen molar-refractivity contribution in [3.05, 3.63) is 58.6 Å². The van der Waals surface area contributed by atoms with E-state index in [1.807, 2.05) is 4.90 Å². The van der Waals surface area contributed by atoms with Crippen molar-refractivity contribution in [3.63, 3.8) is 0 Å². The molecule has 1 aliphatic heterocycles. The Morgan fingerprint density at radius 3 is 2.48 bits per heavy atom. The van der Waals surface area contributed by atoms with Crippen LogP contribution in [-0.4, -0.2) is 37.0 Å². The van der Waals surface area contributed by atoms with Gasteiger partial charge in [0.2, 0.25) is 0 Å². The number of carbonyl (C=O) groups is 1. The molecule has 0 saturated carbocycles. The van der Waals surface area contributed by atoms with E-state index in [2.05, 4.69) is 36.1 Å². The molecular weight excluding hydrogens is 310 g/mol. The number of piperazine rings is 1. The van der Waals surface area contributed by atoms with Crippen LogP contribution in [0.15, 0.2) is 42.5 Å². The molecule has 0 aromatic heterocycles. The maximum Gasteiger partial charge on any atom is 0.254 e. The van der Waals surface area contributed by atoms with E-state index in [4.69, 9.17) is 17.3 Å². The quantitative estimate of drug-likeness (QED) is 0.861. The van der Waals surface area contributed by atoms with Crippen molar-refractivity contribution in [2.24, 2.45) is 0 Å². The number of amides is 1. The zero-order valence-corrected chi connectivity index (χ0v) is 13.9. The minimum absolute atomic E-state index is 0.0114. The lowest BCUT2D eigenvalue weighted by atomic mass is 10.1. The normalized spacial score (nSPS) is 14.9. The number of anilines is 2. The first kappa shape index (κ1) is 15.7. The van der Waals surface area contributed by atoms with Crippen LogP contribution in [-0.2, 0) is 0 Å². The molecule has 1 fully saturated rings. The summed E-state index contributed by atoms with van der Waals surface area (Å²) in [6, 6.07) is 13.5. The number of rotatable bonds is 2. The second-order valence-corrected chi connectivity index (χ2v) is 6.26. The molecule has 1 saturated heterocycles. The Kier molecular flexibility index (Phi) is 4.44. The fourth-order valence-electron chi connectivity index (χ4n) is 2.85. The average molecular weight is 330 g/mol. The maximum absolute atomic E-state index is 12.6. The highest BCUT2D eigenvalue weighted by molar-refractivity contribution is 6.33. The van der Waals surface area contributed by atoms with E-state index >= 15 is 0 Å². The van der Waals surface area contributed by atoms with E-state index in [0.29, 0.717) is 29.4 Å². The van der Waals surface area contributed by atoms with Gasteiger partial charge < -0.3 is 15.5 Å². The Morgan fingerprint density at radius 2 is 1.83 bits per heavy atom. The number of halogens is 1. The van der Waals surface area contributed by atoms with Gasteiger partial charge in [-0.15, -0.1) is 0 Å². The smallest absolute Gasteiger partial charge is 0.254 e. The van der Waals surface area contributed by atoms with E-state index < -0.39 is 0 Å². The number of nitrogens with two attached hydrogens (primary N) is 1. The largest absolute Gasteiger partial charge is 0.398 e. The Labute approximate surface area is 141 Å². The van der Waals surface area contributed by atoms with Gasteiger partial charge in [0.25, 0.3) is 5.91 Å². The van der Waals surface area contributed by atoms with Gasteiger partial charge in [0.05, 0.1) is 10.7 Å². The highest BCUT2D eigenvalue weighted by atomic mass is 35.5. The molecule has 120 valence electrons. The van der Waals surface area contributed by atoms with Crippen LogP contribution in [0.3, 0.4) is 0 Å². The van der Waals surface area contributed by atoms with Crippen LogP contribution >= 0.6 is 11.6 Å². The lowest BCUT2D eigenvalue weighted by Gasteiger charge is -2.36. The van der Waals surface area contributed by atoms with Crippen LogP contribution in [0, 0.1) is 6.92 Å². The van der Waals surface area contributed by atoms with Crippen molar-refractivity contribution in [1.82, 2.24) is 4.90 Å². The molecule has 0 unspecified atom stereocenters. The van der Waals surface area contributed by atoms with Gasteiger partial charge in [-0.25, -0.2) is 0 Å². The summed E-state index contributed by atoms with van der Waals surface area (Å²) in [5, 5.41) is 0.478. The summed E-state index contributed by atoms with van der Waals surface area (Å²) in [7, 11) is 0. The number of carbonyl (C=O) groups excluding carboxylic acids is 1. The molecule has 0 spiro atoms. The molecule has 2 aromatic rings. The summed E-state index contributed by atoms with van der Waals surface area (Å²) in [6.07, 6.45) is 0. The fraction of sp³-hybridized carbons (Fsp3) is 0.278. The Hall–Kier alpha value is -2.20. The molecule has 4 nitrogen and oxygen atoms in total. The molecule has 0 aliphatic carbocycles. The molecular formula is C18H20ClN3O. The van der Waals surface area contributed by atoms with Gasteiger partial charge in [0.15, 0.2) is 0 Å². The molecule has 2 N–H and O–H groups in total. The number of benzene rings is 2. The number of nitrogens with zero attached hydrogens (tertiary/aromatic N) is 2. The first-order valence-electron chi connectivity index (χ1n) is 7.70. The summed E-state index contributed by atoms with van der Waals surface area (Å²) < 4.78 is 0. The molecule has 1 aliphatic rings. The van der Waals surface area contributed by atoms with Gasteiger partial charge in [-0.3, -0.25) is 4.79 Å². The zero-order valence-electron chi connectivity index (χ0n) is 13.1. The molecule has 0 bridgehead atoms. The molecule has 23 heavy (non-hydrogen) atoms. The minimum atomic E-state index is 0.0114. The number of aryl methyl sites for hydroxylation is 1. The highest BCUT2D eigenvalue weighted by Crippen LogP contribution is 2.22. The van der Waals surface area contributed by atoms with Crippen LogP contribution in [0.4, 0.5) is 11.4 Å². The second kappa shape index (κ2) is 6.50. The number of nitrogen functional groups attached to an aromatic ring is 1. The van der Waals surface area contributed by atoms with Gasteiger partial charge in [0, 0.05) is 37.4 Å². The molecule has 0 atom stereocenters. The summed E-state index contributed by atoms with van der Waals surface area (Å²) in [4.78, 5) is 16.8. The Bertz CT molecular complexity index is 724. The van der Waals surface area contributed by atoms with E-state index in [1.54, 1.807) is 18.2 Å². The molecule has 2 aromatic carbocycles. The fourth-order valence-corrected chi connectivity index (χ4v) is 2.97. The van der Waals surface area contributed by atoms with Crippen LogP contribution in [0.5, 0.6) is 0 Å². The predicted octanol–water partition coefficient (Wildman–Crippen LogP) is 3.19. The van der Waals surface area contributed by atoms with Crippen molar-refractivity contribution in [1.29, 1.82) is 0 Å². The summed E-state index contributed by atoms with van der Waals surface area (Å²) in [5.74, 6) is 0.0114. The minimum Gasteiger partial charge on any atom is -0.398 e. The van der Waals surface area contributed by atoms with Gasteiger partial charge in [-0.1, -0.05) is 23.7 Å². The molecule has 5 heteroatoms. The average Bonchev–Trinajstić information content (AvgIpc) is 2.57. The van der Waals surface area contributed by atoms with Crippen molar-refractivity contribution >= 4 is 28.9 Å². The van der Waals surface area contributed by atoms with Crippen LogP contribution in [0.1, 0.15) is 15.9 Å². The molecule has 1 heterocycles. The van der Waals surface area contributed by atoms with Crippen LogP contribution < -0.4 is 10.6 Å². The zero-order chi connectivity index (χ0) is 16.4. The van der Waals surface area contributed by atoms with Gasteiger partial charge in [-0.2, -0.15) is 0 Å². The SMILES string of the molecule is Cc1cccc(N2CCN(C(=O)c3ccc(Cl)c(N)c3)CC2)c1. The summed E-state index contributed by atoms with van der Waals surface area (Å²) in [6.45, 7) is 5.16. The number of hydrogen-bond acceptors (Lipinski definition) is 3. The van der Waals surface area contributed by atoms with E-state index in [0.717, 1.165) is 13.1 Å². The standard InChI is InChI=1S/C18H20ClN3O/c1-13-3-2-4-15(11-13)21-7-9-22(10-8-21)18(23)14-5-6-16(19)17(20)12-14/h2-6,11-12H,7-10,20H2,1H3. The first-order valence-corrected chi connectivity index (χ1v) is 8.08. The van der Waals surface area contributed by atoms with Crippen LogP contribution in [0.25, 0.3) is 0 Å². The van der Waals surface area contributed by atoms with E-state index in [9.17, 15) is 4.79 Å². The molecule has 0 radical (unpaired) electrons. The molecule has 1 amide bonds. The lowest BCUT2D eigenvalue weighted by molar-refractivity contribution is 0.0747. The maximum atomic E-state index is 12.6. The van der Waals surface area contributed by atoms with Crippen molar-refractivity contribution in [3.8, 4) is 0 Å². The third-order valence-corrected chi connectivity index (χ3v) is 4.52. The second-order valence-electron chi connectivity index (χ2n) is 5.85. The topological polar surface area (TPSA) is 49.6 Å². The third kappa shape index (κ3) is 3.42. The summed E-state index contributed by atoms with van der Waals surface area (Å²) >= 11 is 5.91. The van der Waals surface area contributed by atoms with Crippen molar-refractivity contribution in [2.45, 2.75) is 6.92 Å². The molecule has 3 rings (SSSR count). The van der Waals surface area contributed by atoms with Gasteiger partial charge in [0.1, 0.15) is 0 Å². The predicted molar refractivity (Wildman–Crippen MR) is 95.2 cm³/mol. The Morgan fingerprint density at radius 1 is 1.09 bits per heavy atom.